The fourth-order valence-corrected chi connectivity index (χ4v) is 4.34. The topological polar surface area (TPSA) is 131 Å². The molecule has 11 heteroatoms. The Bertz CT molecular complexity index is 1640. The largest absolute Gasteiger partial charge is 0.400 e. The molecule has 3 aromatic carbocycles. The Morgan fingerprint density at radius 1 is 0.974 bits per heavy atom. The molecular weight excluding hydrogens is 503 g/mol. The van der Waals surface area contributed by atoms with E-state index in [1.165, 1.54) is 6.07 Å². The molecule has 0 spiro atoms. The highest BCUT2D eigenvalue weighted by Gasteiger charge is 2.20. The fourth-order valence-electron chi connectivity index (χ4n) is 4.34. The number of aromatic nitrogens is 4. The molecule has 0 fully saturated rings. The van der Waals surface area contributed by atoms with Gasteiger partial charge in [0.25, 0.3) is 0 Å². The zero-order valence-corrected chi connectivity index (χ0v) is 21.4. The van der Waals surface area contributed by atoms with E-state index in [1.807, 2.05) is 42.5 Å². The average molecular weight is 531 g/mol. The molecule has 0 unspecified atom stereocenters. The molecule has 39 heavy (non-hydrogen) atoms. The van der Waals surface area contributed by atoms with Crippen LogP contribution in [0.5, 0.6) is 0 Å². The van der Waals surface area contributed by atoms with Gasteiger partial charge in [0.15, 0.2) is 0 Å². The van der Waals surface area contributed by atoms with Crippen molar-refractivity contribution in [3.8, 4) is 22.4 Å². The van der Waals surface area contributed by atoms with E-state index in [0.29, 0.717) is 39.4 Å². The first kappa shape index (κ1) is 27.1. The molecule has 0 radical (unpaired) electrons. The Morgan fingerprint density at radius 2 is 1.74 bits per heavy atom. The van der Waals surface area contributed by atoms with Crippen LogP contribution in [0.2, 0.25) is 0 Å². The monoisotopic (exact) mass is 530 g/mol. The number of carbonyl (C=O) groups excluding carboxylic acids is 3. The summed E-state index contributed by atoms with van der Waals surface area (Å²) in [5, 5.41) is 22.3. The van der Waals surface area contributed by atoms with E-state index in [0.717, 1.165) is 18.2 Å². The smallest absolute Gasteiger partial charge is 0.242 e. The molecule has 0 aliphatic heterocycles. The summed E-state index contributed by atoms with van der Waals surface area (Å²) in [6, 6.07) is 18.1. The van der Waals surface area contributed by atoms with Crippen LogP contribution in [0, 0.1) is 5.82 Å². The summed E-state index contributed by atoms with van der Waals surface area (Å²) < 4.78 is 18.6. The minimum Gasteiger partial charge on any atom is -0.400 e. The number of aryl methyl sites for hydroxylation is 1. The van der Waals surface area contributed by atoms with Gasteiger partial charge in [-0.25, -0.2) is 4.39 Å². The molecule has 2 heterocycles. The lowest BCUT2D eigenvalue weighted by molar-refractivity contribution is -0.126. The van der Waals surface area contributed by atoms with Gasteiger partial charge in [-0.1, -0.05) is 42.5 Å². The van der Waals surface area contributed by atoms with Crippen LogP contribution in [0.1, 0.15) is 0 Å². The number of fused-ring (bicyclic) bond motifs is 2. The Hall–Kier alpha value is -4.90. The van der Waals surface area contributed by atoms with E-state index in [9.17, 15) is 14.4 Å². The normalized spacial score (nSPS) is 10.7. The molecule has 0 bridgehead atoms. The van der Waals surface area contributed by atoms with E-state index >= 15 is 4.39 Å². The number of carbonyl (C=O) groups is 3. The third-order valence-electron chi connectivity index (χ3n) is 6.07. The second-order valence-electron chi connectivity index (χ2n) is 8.48. The highest BCUT2D eigenvalue weighted by molar-refractivity contribution is 6.05. The van der Waals surface area contributed by atoms with E-state index in [-0.39, 0.29) is 25.5 Å². The lowest BCUT2D eigenvalue weighted by atomic mass is 9.96. The van der Waals surface area contributed by atoms with Crippen molar-refractivity contribution < 1.29 is 23.9 Å². The number of benzene rings is 3. The molecule has 0 aliphatic rings. The van der Waals surface area contributed by atoms with E-state index in [4.69, 9.17) is 10.2 Å². The molecule has 5 aromatic rings. The fraction of sp³-hybridized carbons (Fsp3) is 0.179. The van der Waals surface area contributed by atoms with Crippen LogP contribution in [0.3, 0.4) is 0 Å². The SMILES string of the molecule is CO.Cn1ncc2cc(F)c(-c3cccc4c3c(-c3ccccc3)nn4CC(=O)NCC(=O)NCC=O)cc21. The van der Waals surface area contributed by atoms with Gasteiger partial charge in [-0.2, -0.15) is 10.2 Å². The van der Waals surface area contributed by atoms with Crippen molar-refractivity contribution in [3.63, 3.8) is 0 Å². The predicted molar refractivity (Wildman–Crippen MR) is 145 cm³/mol. The van der Waals surface area contributed by atoms with E-state index in [1.54, 1.807) is 34.7 Å². The van der Waals surface area contributed by atoms with Gasteiger partial charge in [-0.05, 0) is 23.8 Å². The van der Waals surface area contributed by atoms with Gasteiger partial charge in [-0.15, -0.1) is 0 Å². The first-order valence-corrected chi connectivity index (χ1v) is 12.0. The summed E-state index contributed by atoms with van der Waals surface area (Å²) >= 11 is 0. The number of aldehydes is 1. The maximum Gasteiger partial charge on any atom is 0.242 e. The molecule has 5 rings (SSSR count). The lowest BCUT2D eigenvalue weighted by Crippen LogP contribution is -2.38. The van der Waals surface area contributed by atoms with Crippen molar-refractivity contribution in [2.75, 3.05) is 20.2 Å². The molecule has 0 saturated heterocycles. The minimum atomic E-state index is -0.473. The van der Waals surface area contributed by atoms with Crippen molar-refractivity contribution >= 4 is 39.9 Å². The molecule has 2 amide bonds. The number of hydrogen-bond donors (Lipinski definition) is 3. The average Bonchev–Trinajstić information content (AvgIpc) is 3.51. The van der Waals surface area contributed by atoms with Gasteiger partial charge < -0.3 is 20.5 Å². The van der Waals surface area contributed by atoms with Crippen LogP contribution < -0.4 is 10.6 Å². The Kier molecular flexibility index (Phi) is 8.42. The maximum absolute atomic E-state index is 15.4. The van der Waals surface area contributed by atoms with Gasteiger partial charge in [-0.3, -0.25) is 19.0 Å². The zero-order chi connectivity index (χ0) is 27.9. The highest BCUT2D eigenvalue weighted by atomic mass is 19.1. The third-order valence-corrected chi connectivity index (χ3v) is 6.07. The highest BCUT2D eigenvalue weighted by Crippen LogP contribution is 2.38. The van der Waals surface area contributed by atoms with Crippen LogP contribution in [0.15, 0.2) is 66.9 Å². The van der Waals surface area contributed by atoms with Crippen LogP contribution >= 0.6 is 0 Å². The summed E-state index contributed by atoms with van der Waals surface area (Å²) in [4.78, 5) is 34.8. The van der Waals surface area contributed by atoms with Crippen LogP contribution in [-0.2, 0) is 28.0 Å². The number of rotatable bonds is 8. The van der Waals surface area contributed by atoms with Crippen molar-refractivity contribution in [2.24, 2.45) is 7.05 Å². The number of halogens is 1. The number of aliphatic hydroxyl groups is 1. The number of nitrogens with one attached hydrogen (secondary N) is 2. The second kappa shape index (κ2) is 12.1. The number of amides is 2. The summed E-state index contributed by atoms with van der Waals surface area (Å²) in [5.74, 6) is -1.30. The lowest BCUT2D eigenvalue weighted by Gasteiger charge is -2.09. The maximum atomic E-state index is 15.4. The number of nitrogens with zero attached hydrogens (tertiary/aromatic N) is 4. The van der Waals surface area contributed by atoms with Crippen molar-refractivity contribution in [1.29, 1.82) is 0 Å². The summed E-state index contributed by atoms with van der Waals surface area (Å²) in [6.07, 6.45) is 2.18. The van der Waals surface area contributed by atoms with Gasteiger partial charge >= 0.3 is 0 Å². The number of hydrogen-bond acceptors (Lipinski definition) is 6. The Balaban J connectivity index is 0.00000172. The molecule has 0 saturated carbocycles. The van der Waals surface area contributed by atoms with Crippen molar-refractivity contribution in [1.82, 2.24) is 30.2 Å². The quantitative estimate of drug-likeness (QED) is 0.264. The van der Waals surface area contributed by atoms with Gasteiger partial charge in [0.2, 0.25) is 11.8 Å². The van der Waals surface area contributed by atoms with Gasteiger partial charge in [0.1, 0.15) is 24.3 Å². The predicted octanol–water partition coefficient (Wildman–Crippen LogP) is 2.44. The summed E-state index contributed by atoms with van der Waals surface area (Å²) in [6.45, 7) is -0.543. The Morgan fingerprint density at radius 3 is 2.49 bits per heavy atom. The Labute approximate surface area is 223 Å². The van der Waals surface area contributed by atoms with E-state index in [2.05, 4.69) is 15.7 Å². The first-order valence-electron chi connectivity index (χ1n) is 12.0. The second-order valence-corrected chi connectivity index (χ2v) is 8.48. The van der Waals surface area contributed by atoms with Gasteiger partial charge in [0, 0.05) is 36.1 Å². The first-order chi connectivity index (χ1) is 19.0. The molecule has 0 aliphatic carbocycles. The summed E-state index contributed by atoms with van der Waals surface area (Å²) in [7, 11) is 2.80. The zero-order valence-electron chi connectivity index (χ0n) is 21.4. The molecule has 3 N–H and O–H groups in total. The van der Waals surface area contributed by atoms with Crippen molar-refractivity contribution in [3.05, 3.63) is 72.7 Å². The molecule has 0 atom stereocenters. The van der Waals surface area contributed by atoms with Crippen LogP contribution in [-0.4, -0.2) is 63.0 Å². The minimum absolute atomic E-state index is 0.122. The third kappa shape index (κ3) is 5.68. The molecule has 2 aromatic heterocycles. The standard InChI is InChI=1S/C27H23FN6O3.CH4O/c1-33-23-13-20(21(28)12-18(23)14-31-33)19-8-5-9-22-26(19)27(17-6-3-2-4-7-17)32-34(22)16-25(37)30-15-24(36)29-10-11-35;1-2/h2-9,11-14H,10,15-16H2,1H3,(H,29,36)(H,30,37);2H,1H3. The van der Waals surface area contributed by atoms with E-state index < -0.39 is 11.8 Å². The molecule has 10 nitrogen and oxygen atoms in total. The van der Waals surface area contributed by atoms with Crippen molar-refractivity contribution in [2.45, 2.75) is 6.54 Å². The molecular formula is C28H27FN6O4. The van der Waals surface area contributed by atoms with Crippen LogP contribution in [0.25, 0.3) is 44.2 Å². The molecule has 200 valence electrons. The summed E-state index contributed by atoms with van der Waals surface area (Å²) in [5.41, 5.74) is 3.88. The van der Waals surface area contributed by atoms with Gasteiger partial charge in [0.05, 0.1) is 30.3 Å². The van der Waals surface area contributed by atoms with Crippen LogP contribution in [0.4, 0.5) is 4.39 Å². The number of aliphatic hydroxyl groups excluding tert-OH is 1.